The summed E-state index contributed by atoms with van der Waals surface area (Å²) in [6.07, 6.45) is 5.67. The number of aromatic nitrogens is 2. The Bertz CT molecular complexity index is 680. The SMILES string of the molecule is C=CC[n+]1nc(C)sc1/C=C/c1ccccc1O.F[B-](F)(F)F. The molecule has 0 aliphatic carbocycles. The van der Waals surface area contributed by atoms with Gasteiger partial charge in [-0.2, -0.15) is 0 Å². The number of aromatic hydroxyl groups is 1. The number of benzene rings is 1. The number of para-hydroxylation sites is 1. The molecule has 1 aromatic heterocycles. The molecule has 0 saturated heterocycles. The van der Waals surface area contributed by atoms with Crippen LogP contribution in [0, 0.1) is 6.92 Å². The summed E-state index contributed by atoms with van der Waals surface area (Å²) in [5.41, 5.74) is 0.800. The van der Waals surface area contributed by atoms with Crippen LogP contribution in [0.5, 0.6) is 5.75 Å². The second-order valence-electron chi connectivity index (χ2n) is 4.32. The lowest BCUT2D eigenvalue weighted by Crippen LogP contribution is -2.37. The summed E-state index contributed by atoms with van der Waals surface area (Å²) in [5.74, 6) is 0.283. The minimum Gasteiger partial charge on any atom is -0.507 e. The molecule has 9 heteroatoms. The molecule has 2 aromatic rings. The van der Waals surface area contributed by atoms with Gasteiger partial charge in [-0.25, -0.2) is 0 Å². The average Bonchev–Trinajstić information content (AvgIpc) is 2.77. The Hall–Kier alpha value is -2.16. The molecule has 0 amide bonds. The smallest absolute Gasteiger partial charge is 0.507 e. The summed E-state index contributed by atoms with van der Waals surface area (Å²) in [5, 5.41) is 16.1. The first-order chi connectivity index (χ1) is 10.7. The Morgan fingerprint density at radius 3 is 2.43 bits per heavy atom. The zero-order valence-corrected chi connectivity index (χ0v) is 13.1. The van der Waals surface area contributed by atoms with Crippen LogP contribution in [0.15, 0.2) is 36.9 Å². The molecule has 0 bridgehead atoms. The number of phenols is 1. The van der Waals surface area contributed by atoms with Crippen molar-refractivity contribution in [1.29, 1.82) is 0 Å². The summed E-state index contributed by atoms with van der Waals surface area (Å²) < 4.78 is 40.9. The fourth-order valence-corrected chi connectivity index (χ4v) is 2.41. The van der Waals surface area contributed by atoms with Crippen LogP contribution < -0.4 is 4.68 Å². The van der Waals surface area contributed by atoms with E-state index in [0.29, 0.717) is 6.54 Å². The lowest BCUT2D eigenvalue weighted by atomic mass is 10.2. The van der Waals surface area contributed by atoms with Crippen molar-refractivity contribution in [2.24, 2.45) is 0 Å². The van der Waals surface area contributed by atoms with Crippen molar-refractivity contribution in [3.05, 3.63) is 52.5 Å². The van der Waals surface area contributed by atoms with Crippen LogP contribution in [0.3, 0.4) is 0 Å². The molecule has 0 unspecified atom stereocenters. The molecule has 0 saturated carbocycles. The van der Waals surface area contributed by atoms with E-state index in [4.69, 9.17) is 0 Å². The molecule has 1 aromatic carbocycles. The quantitative estimate of drug-likeness (QED) is 0.392. The first kappa shape index (κ1) is 18.9. The number of phenolic OH excluding ortho intramolecular Hbond substituents is 1. The first-order valence-corrected chi connectivity index (χ1v) is 7.34. The highest BCUT2D eigenvalue weighted by Gasteiger charge is 2.20. The largest absolute Gasteiger partial charge is 0.673 e. The van der Waals surface area contributed by atoms with Gasteiger partial charge in [0.15, 0.2) is 11.6 Å². The predicted octanol–water partition coefficient (Wildman–Crippen LogP) is 4.10. The molecule has 1 N–H and O–H groups in total. The van der Waals surface area contributed by atoms with Crippen LogP contribution >= 0.6 is 11.3 Å². The summed E-state index contributed by atoms with van der Waals surface area (Å²) in [6.45, 7) is 6.38. The molecule has 1 heterocycles. The summed E-state index contributed by atoms with van der Waals surface area (Å²) in [7, 11) is -6.00. The molecule has 0 atom stereocenters. The van der Waals surface area contributed by atoms with Gasteiger partial charge < -0.3 is 22.4 Å². The van der Waals surface area contributed by atoms with Gasteiger partial charge in [0.05, 0.1) is 0 Å². The zero-order valence-electron chi connectivity index (χ0n) is 12.3. The topological polar surface area (TPSA) is 37.0 Å². The highest BCUT2D eigenvalue weighted by molar-refractivity contribution is 7.11. The highest BCUT2D eigenvalue weighted by Crippen LogP contribution is 2.19. The van der Waals surface area contributed by atoms with Crippen molar-refractivity contribution in [3.63, 3.8) is 0 Å². The van der Waals surface area contributed by atoms with Gasteiger partial charge in [0, 0.05) is 16.7 Å². The normalized spacial score (nSPS) is 11.2. The van der Waals surface area contributed by atoms with Crippen molar-refractivity contribution in [2.75, 3.05) is 0 Å². The predicted molar refractivity (Wildman–Crippen MR) is 84.5 cm³/mol. The average molecular weight is 346 g/mol. The Kier molecular flexibility index (Phi) is 6.96. The number of nitrogens with zero attached hydrogens (tertiary/aromatic N) is 2. The second kappa shape index (κ2) is 8.47. The van der Waals surface area contributed by atoms with E-state index in [2.05, 4.69) is 11.7 Å². The number of halogens is 4. The van der Waals surface area contributed by atoms with Crippen LogP contribution in [0.25, 0.3) is 12.2 Å². The van der Waals surface area contributed by atoms with Crippen molar-refractivity contribution in [1.82, 2.24) is 5.10 Å². The van der Waals surface area contributed by atoms with E-state index >= 15 is 0 Å². The van der Waals surface area contributed by atoms with E-state index in [0.717, 1.165) is 15.6 Å². The molecule has 124 valence electrons. The molecule has 0 fully saturated rings. The van der Waals surface area contributed by atoms with Gasteiger partial charge in [0.2, 0.25) is 0 Å². The molecule has 0 aliphatic heterocycles. The van der Waals surface area contributed by atoms with E-state index in [1.54, 1.807) is 23.5 Å². The second-order valence-corrected chi connectivity index (χ2v) is 5.53. The van der Waals surface area contributed by atoms with Crippen molar-refractivity contribution < 1.29 is 27.1 Å². The number of rotatable bonds is 4. The van der Waals surface area contributed by atoms with E-state index < -0.39 is 7.25 Å². The third kappa shape index (κ3) is 7.60. The molecule has 0 radical (unpaired) electrons. The summed E-state index contributed by atoms with van der Waals surface area (Å²) in [6, 6.07) is 7.25. The number of hydrogen-bond acceptors (Lipinski definition) is 3. The fraction of sp³-hybridized carbons (Fsp3) is 0.143. The Morgan fingerprint density at radius 2 is 1.87 bits per heavy atom. The minimum absolute atomic E-state index is 0.283. The number of hydrogen-bond donors (Lipinski definition) is 1. The van der Waals surface area contributed by atoms with E-state index in [1.807, 2.05) is 42.0 Å². The van der Waals surface area contributed by atoms with Gasteiger partial charge in [0.25, 0.3) is 5.01 Å². The van der Waals surface area contributed by atoms with Gasteiger partial charge in [-0.3, -0.25) is 0 Å². The highest BCUT2D eigenvalue weighted by atomic mass is 32.1. The lowest BCUT2D eigenvalue weighted by molar-refractivity contribution is -0.741. The molecule has 0 aliphatic rings. The standard InChI is InChI=1S/C14H14N2OS.BF4/c1-3-10-16-14(18-11(2)15-16)9-8-12-6-4-5-7-13(12)17;2-1(3,4)5/h3-9H,1,10H2,2H3;/q;-1/p+1. The summed E-state index contributed by atoms with van der Waals surface area (Å²) in [4.78, 5) is 0. The van der Waals surface area contributed by atoms with E-state index in [9.17, 15) is 22.4 Å². The van der Waals surface area contributed by atoms with E-state index in [-0.39, 0.29) is 5.75 Å². The van der Waals surface area contributed by atoms with Crippen LogP contribution in [-0.2, 0) is 6.54 Å². The summed E-state index contributed by atoms with van der Waals surface area (Å²) >= 11 is 1.62. The lowest BCUT2D eigenvalue weighted by Gasteiger charge is -1.95. The van der Waals surface area contributed by atoms with Gasteiger partial charge in [-0.15, -0.1) is 0 Å². The third-order valence-electron chi connectivity index (χ3n) is 2.41. The van der Waals surface area contributed by atoms with Crippen molar-refractivity contribution in [2.45, 2.75) is 13.5 Å². The van der Waals surface area contributed by atoms with Crippen molar-refractivity contribution in [3.8, 4) is 5.75 Å². The number of aryl methyl sites for hydroxylation is 1. The number of allylic oxidation sites excluding steroid dienone is 1. The van der Waals surface area contributed by atoms with E-state index in [1.165, 1.54) is 0 Å². The van der Waals surface area contributed by atoms with Gasteiger partial charge in [-0.05, 0) is 36.5 Å². The first-order valence-electron chi connectivity index (χ1n) is 6.52. The maximum atomic E-state index is 9.75. The third-order valence-corrected chi connectivity index (χ3v) is 3.35. The Balaban J connectivity index is 0.000000463. The maximum Gasteiger partial charge on any atom is 0.673 e. The Labute approximate surface area is 135 Å². The molecule has 23 heavy (non-hydrogen) atoms. The molecule has 3 nitrogen and oxygen atoms in total. The van der Waals surface area contributed by atoms with Crippen LogP contribution in [0.4, 0.5) is 17.3 Å². The molecule has 0 spiro atoms. The molecular weight excluding hydrogens is 331 g/mol. The van der Waals surface area contributed by atoms with Crippen LogP contribution in [0.1, 0.15) is 15.6 Å². The van der Waals surface area contributed by atoms with Gasteiger partial charge in [0.1, 0.15) is 5.75 Å². The molecule has 2 rings (SSSR count). The Morgan fingerprint density at radius 1 is 1.26 bits per heavy atom. The van der Waals surface area contributed by atoms with Crippen molar-refractivity contribution >= 4 is 30.7 Å². The van der Waals surface area contributed by atoms with Crippen LogP contribution in [0.2, 0.25) is 0 Å². The molecular formula is C14H15BF4N2OS. The van der Waals surface area contributed by atoms with Crippen LogP contribution in [-0.4, -0.2) is 17.5 Å². The minimum atomic E-state index is -6.00. The zero-order chi connectivity index (χ0) is 17.5. The fourth-order valence-electron chi connectivity index (χ4n) is 1.61. The van der Waals surface area contributed by atoms with Gasteiger partial charge >= 0.3 is 7.25 Å². The maximum absolute atomic E-state index is 9.75. The monoisotopic (exact) mass is 346 g/mol. The van der Waals surface area contributed by atoms with Gasteiger partial charge in [-0.1, -0.05) is 29.5 Å².